The van der Waals surface area contributed by atoms with Crippen molar-refractivity contribution < 1.29 is 9.47 Å². The first-order chi connectivity index (χ1) is 11.3. The highest BCUT2D eigenvalue weighted by molar-refractivity contribution is 4.83. The van der Waals surface area contributed by atoms with Crippen molar-refractivity contribution in [1.82, 2.24) is 0 Å². The molecule has 0 bridgehead atoms. The molecular weight excluding hydrogens is 284 g/mol. The van der Waals surface area contributed by atoms with Crippen molar-refractivity contribution >= 4 is 0 Å². The molecule has 0 amide bonds. The third-order valence-corrected chi connectivity index (χ3v) is 4.94. The maximum Gasteiger partial charge on any atom is 0.249 e. The van der Waals surface area contributed by atoms with E-state index in [1.807, 2.05) is 0 Å². The van der Waals surface area contributed by atoms with Gasteiger partial charge in [0.15, 0.2) is 0 Å². The van der Waals surface area contributed by atoms with Crippen molar-refractivity contribution in [3.8, 4) is 0 Å². The van der Waals surface area contributed by atoms with Gasteiger partial charge >= 0.3 is 0 Å². The molecular formula is C21H40O2. The number of hydrogen-bond acceptors (Lipinski definition) is 2. The Morgan fingerprint density at radius 3 is 1.30 bits per heavy atom. The fourth-order valence-corrected chi connectivity index (χ4v) is 3.39. The third-order valence-electron chi connectivity index (χ3n) is 4.94. The van der Waals surface area contributed by atoms with Crippen LogP contribution in [0.3, 0.4) is 0 Å². The number of ether oxygens (including phenoxy) is 2. The predicted molar refractivity (Wildman–Crippen MR) is 99.3 cm³/mol. The Morgan fingerprint density at radius 2 is 0.870 bits per heavy atom. The highest BCUT2D eigenvalue weighted by Gasteiger charge is 2.34. The number of hydrogen-bond donors (Lipinski definition) is 0. The van der Waals surface area contributed by atoms with Gasteiger partial charge in [0.1, 0.15) is 12.5 Å². The molecule has 1 aliphatic heterocycles. The molecule has 0 aromatic carbocycles. The maximum atomic E-state index is 5.80. The highest BCUT2D eigenvalue weighted by Crippen LogP contribution is 2.32. The zero-order chi connectivity index (χ0) is 16.6. The molecule has 136 valence electrons. The van der Waals surface area contributed by atoms with Gasteiger partial charge in [-0.05, 0) is 12.8 Å². The zero-order valence-corrected chi connectivity index (χ0v) is 15.8. The quantitative estimate of drug-likeness (QED) is 0.274. The lowest BCUT2D eigenvalue weighted by atomic mass is 9.99. The lowest BCUT2D eigenvalue weighted by Gasteiger charge is -2.28. The third kappa shape index (κ3) is 9.94. The van der Waals surface area contributed by atoms with Gasteiger partial charge in [0, 0.05) is 12.8 Å². The summed E-state index contributed by atoms with van der Waals surface area (Å²) in [5.41, 5.74) is 0. The topological polar surface area (TPSA) is 18.5 Å². The van der Waals surface area contributed by atoms with Crippen LogP contribution in [0.2, 0.25) is 0 Å². The molecule has 0 fully saturated rings. The van der Waals surface area contributed by atoms with Gasteiger partial charge in [-0.25, -0.2) is 0 Å². The largest absolute Gasteiger partial charge is 0.457 e. The van der Waals surface area contributed by atoms with E-state index in [1.54, 1.807) is 12.5 Å². The molecule has 0 spiro atoms. The summed E-state index contributed by atoms with van der Waals surface area (Å²) in [6.45, 7) is 4.54. The molecule has 2 heteroatoms. The lowest BCUT2D eigenvalue weighted by molar-refractivity contribution is -0.153. The van der Waals surface area contributed by atoms with Crippen LogP contribution in [0.4, 0.5) is 0 Å². The molecule has 0 unspecified atom stereocenters. The Kier molecular flexibility index (Phi) is 12.2. The van der Waals surface area contributed by atoms with Gasteiger partial charge in [0.05, 0.1) is 0 Å². The Balaban J connectivity index is 1.98. The summed E-state index contributed by atoms with van der Waals surface area (Å²) in [6.07, 6.45) is 24.4. The van der Waals surface area contributed by atoms with Crippen LogP contribution >= 0.6 is 0 Å². The Bertz CT molecular complexity index is 278. The summed E-state index contributed by atoms with van der Waals surface area (Å²) in [5.74, 6) is -0.326. The van der Waals surface area contributed by atoms with Gasteiger partial charge in [-0.15, -0.1) is 0 Å². The minimum atomic E-state index is -0.326. The van der Waals surface area contributed by atoms with E-state index in [1.165, 1.54) is 89.9 Å². The molecule has 0 aromatic rings. The van der Waals surface area contributed by atoms with Gasteiger partial charge < -0.3 is 9.47 Å². The van der Waals surface area contributed by atoms with Gasteiger partial charge in [0.2, 0.25) is 5.79 Å². The van der Waals surface area contributed by atoms with E-state index in [4.69, 9.17) is 9.47 Å². The van der Waals surface area contributed by atoms with Crippen molar-refractivity contribution in [3.63, 3.8) is 0 Å². The van der Waals surface area contributed by atoms with E-state index in [-0.39, 0.29) is 5.79 Å². The van der Waals surface area contributed by atoms with Crippen LogP contribution in [0.25, 0.3) is 0 Å². The van der Waals surface area contributed by atoms with E-state index in [2.05, 4.69) is 13.8 Å². The summed E-state index contributed by atoms with van der Waals surface area (Å²) >= 11 is 0. The molecule has 0 aliphatic carbocycles. The predicted octanol–water partition coefficient (Wildman–Crippen LogP) is 7.48. The van der Waals surface area contributed by atoms with Crippen LogP contribution in [0.5, 0.6) is 0 Å². The highest BCUT2D eigenvalue weighted by atomic mass is 16.7. The molecule has 1 aliphatic rings. The van der Waals surface area contributed by atoms with E-state index in [0.29, 0.717) is 0 Å². The molecule has 1 rings (SSSR count). The van der Waals surface area contributed by atoms with Gasteiger partial charge in [-0.1, -0.05) is 90.9 Å². The molecule has 23 heavy (non-hydrogen) atoms. The van der Waals surface area contributed by atoms with Gasteiger partial charge in [-0.2, -0.15) is 0 Å². The van der Waals surface area contributed by atoms with Crippen molar-refractivity contribution in [2.75, 3.05) is 0 Å². The second-order valence-corrected chi connectivity index (χ2v) is 7.16. The van der Waals surface area contributed by atoms with E-state index in [0.717, 1.165) is 12.8 Å². The molecule has 0 atom stereocenters. The second kappa shape index (κ2) is 13.7. The summed E-state index contributed by atoms with van der Waals surface area (Å²) in [4.78, 5) is 0. The first kappa shape index (κ1) is 20.4. The molecule has 0 aromatic heterocycles. The average molecular weight is 325 g/mol. The number of rotatable bonds is 16. The van der Waals surface area contributed by atoms with Crippen molar-refractivity contribution in [2.24, 2.45) is 0 Å². The summed E-state index contributed by atoms with van der Waals surface area (Å²) < 4.78 is 11.6. The van der Waals surface area contributed by atoms with Crippen LogP contribution < -0.4 is 0 Å². The smallest absolute Gasteiger partial charge is 0.249 e. The Labute approximate surface area is 145 Å². The Hall–Kier alpha value is -0.660. The maximum absolute atomic E-state index is 5.80. The van der Waals surface area contributed by atoms with Crippen molar-refractivity contribution in [3.05, 3.63) is 12.5 Å². The van der Waals surface area contributed by atoms with Crippen LogP contribution in [0.15, 0.2) is 12.5 Å². The summed E-state index contributed by atoms with van der Waals surface area (Å²) in [5, 5.41) is 0. The minimum absolute atomic E-state index is 0.326. The van der Waals surface area contributed by atoms with Crippen LogP contribution in [0.1, 0.15) is 117 Å². The number of unbranched alkanes of at least 4 members (excludes halogenated alkanes) is 12. The molecule has 0 radical (unpaired) electrons. The van der Waals surface area contributed by atoms with Crippen LogP contribution in [0, 0.1) is 0 Å². The normalized spacial score (nSPS) is 15.6. The van der Waals surface area contributed by atoms with E-state index in [9.17, 15) is 0 Å². The Morgan fingerprint density at radius 1 is 0.522 bits per heavy atom. The first-order valence-electron chi connectivity index (χ1n) is 10.3. The molecule has 0 saturated carbocycles. The van der Waals surface area contributed by atoms with Crippen LogP contribution in [-0.4, -0.2) is 5.79 Å². The van der Waals surface area contributed by atoms with Crippen LogP contribution in [-0.2, 0) is 9.47 Å². The second-order valence-electron chi connectivity index (χ2n) is 7.16. The molecule has 0 N–H and O–H groups in total. The van der Waals surface area contributed by atoms with Crippen molar-refractivity contribution in [2.45, 2.75) is 122 Å². The molecule has 0 saturated heterocycles. The molecule has 2 nitrogen and oxygen atoms in total. The van der Waals surface area contributed by atoms with E-state index < -0.39 is 0 Å². The first-order valence-corrected chi connectivity index (χ1v) is 10.3. The monoisotopic (exact) mass is 324 g/mol. The minimum Gasteiger partial charge on any atom is -0.457 e. The standard InChI is InChI=1S/C21H40O2/c1-3-5-7-9-10-11-12-13-14-16-18-21(22-19-20-23-21)17-15-8-6-4-2/h19-20H,3-18H2,1-2H3. The average Bonchev–Trinajstić information content (AvgIpc) is 3.02. The SMILES string of the molecule is CCCCCCCCCCCCC1(CCCCCC)OC=CO1. The summed E-state index contributed by atoms with van der Waals surface area (Å²) in [7, 11) is 0. The lowest BCUT2D eigenvalue weighted by Crippen LogP contribution is -2.29. The summed E-state index contributed by atoms with van der Waals surface area (Å²) in [6, 6.07) is 0. The molecule has 1 heterocycles. The van der Waals surface area contributed by atoms with E-state index >= 15 is 0 Å². The zero-order valence-electron chi connectivity index (χ0n) is 15.8. The fourth-order valence-electron chi connectivity index (χ4n) is 3.39. The fraction of sp³-hybridized carbons (Fsp3) is 0.905. The van der Waals surface area contributed by atoms with Crippen molar-refractivity contribution in [1.29, 1.82) is 0 Å². The van der Waals surface area contributed by atoms with Gasteiger partial charge in [-0.3, -0.25) is 0 Å². The van der Waals surface area contributed by atoms with Gasteiger partial charge in [0.25, 0.3) is 0 Å².